The minimum Gasteiger partial charge on any atom is -0.348 e. The number of likely N-dealkylation sites (tertiary alicyclic amines) is 1. The molecule has 1 aliphatic carbocycles. The number of likely N-dealkylation sites (N-methyl/N-ethyl adjacent to an activating group) is 1. The van der Waals surface area contributed by atoms with Crippen LogP contribution in [0.25, 0.3) is 10.9 Å². The molecule has 1 N–H and O–H groups in total. The van der Waals surface area contributed by atoms with Gasteiger partial charge < -0.3 is 9.80 Å². The first-order valence-corrected chi connectivity index (χ1v) is 10.8. The van der Waals surface area contributed by atoms with Gasteiger partial charge in [-0.25, -0.2) is 4.68 Å². The van der Waals surface area contributed by atoms with E-state index in [4.69, 9.17) is 12.2 Å². The van der Waals surface area contributed by atoms with Crippen LogP contribution in [0, 0.1) is 0 Å². The first-order valence-electron chi connectivity index (χ1n) is 9.64. The van der Waals surface area contributed by atoms with Gasteiger partial charge in [-0.3, -0.25) is 5.43 Å². The molecule has 2 aromatic rings. The van der Waals surface area contributed by atoms with Crippen molar-refractivity contribution in [2.45, 2.75) is 45.1 Å². The number of halogens is 1. The highest BCUT2D eigenvalue weighted by molar-refractivity contribution is 9.10. The summed E-state index contributed by atoms with van der Waals surface area (Å²) in [6.45, 7) is 7.30. The van der Waals surface area contributed by atoms with E-state index in [0.29, 0.717) is 12.0 Å². The monoisotopic (exact) mass is 434 g/mol. The zero-order valence-electron chi connectivity index (χ0n) is 15.8. The summed E-state index contributed by atoms with van der Waals surface area (Å²) < 4.78 is 3.26. The first kappa shape index (κ1) is 18.3. The van der Waals surface area contributed by atoms with Gasteiger partial charge in [-0.15, -0.1) is 0 Å². The molecule has 4 nitrogen and oxygen atoms in total. The Morgan fingerprint density at radius 3 is 2.85 bits per heavy atom. The van der Waals surface area contributed by atoms with Crippen molar-refractivity contribution in [2.75, 3.05) is 32.1 Å². The summed E-state index contributed by atoms with van der Waals surface area (Å²) in [5, 5.41) is 2.20. The third-order valence-corrected chi connectivity index (χ3v) is 7.37. The van der Waals surface area contributed by atoms with Gasteiger partial charge in [0, 0.05) is 30.4 Å². The smallest absolute Gasteiger partial charge is 0.188 e. The van der Waals surface area contributed by atoms with Gasteiger partial charge in [0.2, 0.25) is 0 Å². The van der Waals surface area contributed by atoms with E-state index in [-0.39, 0.29) is 0 Å². The summed E-state index contributed by atoms with van der Waals surface area (Å²) in [6, 6.07) is 7.34. The molecule has 1 aromatic heterocycles. The Hall–Kier alpha value is -1.11. The molecule has 2 aliphatic rings. The maximum absolute atomic E-state index is 5.66. The average molecular weight is 435 g/mol. The second-order valence-electron chi connectivity index (χ2n) is 7.44. The number of rotatable bonds is 3. The van der Waals surface area contributed by atoms with Crippen molar-refractivity contribution < 1.29 is 0 Å². The van der Waals surface area contributed by atoms with Gasteiger partial charge in [0.05, 0.1) is 5.52 Å². The van der Waals surface area contributed by atoms with Crippen molar-refractivity contribution in [3.05, 3.63) is 33.9 Å². The highest BCUT2D eigenvalue weighted by Crippen LogP contribution is 2.46. The SMILES string of the molecule is CCN(CC)C(=S)Nn1c(Br)c2c3c(cccc31)[C@H]1CCCN(C)[C@@H]1C2. The van der Waals surface area contributed by atoms with E-state index in [1.165, 1.54) is 41.4 Å². The Bertz CT molecular complexity index is 842. The number of benzene rings is 1. The summed E-state index contributed by atoms with van der Waals surface area (Å²) in [4.78, 5) is 4.72. The highest BCUT2D eigenvalue weighted by Gasteiger charge is 2.37. The highest BCUT2D eigenvalue weighted by atomic mass is 79.9. The molecular formula is C20H27BrN4S. The molecule has 1 fully saturated rings. The molecule has 0 radical (unpaired) electrons. The Balaban J connectivity index is 1.80. The summed E-state index contributed by atoms with van der Waals surface area (Å²) >= 11 is 9.54. The van der Waals surface area contributed by atoms with E-state index < -0.39 is 0 Å². The van der Waals surface area contributed by atoms with Gasteiger partial charge in [0.15, 0.2) is 5.11 Å². The lowest BCUT2D eigenvalue weighted by atomic mass is 9.75. The molecule has 1 aliphatic heterocycles. The zero-order valence-corrected chi connectivity index (χ0v) is 18.2. The van der Waals surface area contributed by atoms with Crippen molar-refractivity contribution in [2.24, 2.45) is 0 Å². The van der Waals surface area contributed by atoms with Gasteiger partial charge in [-0.2, -0.15) is 0 Å². The van der Waals surface area contributed by atoms with Crippen LogP contribution in [0.2, 0.25) is 0 Å². The van der Waals surface area contributed by atoms with E-state index in [2.05, 4.69) is 74.9 Å². The van der Waals surface area contributed by atoms with Crippen LogP contribution in [-0.4, -0.2) is 52.3 Å². The quantitative estimate of drug-likeness (QED) is 0.726. The molecule has 0 saturated carbocycles. The van der Waals surface area contributed by atoms with Crippen LogP contribution in [0.3, 0.4) is 0 Å². The standard InChI is InChI=1S/C20H27BrN4S/c1-4-24(5-2)20(26)22-25-16-10-6-8-14-13-9-7-11-23(3)17(13)12-15(18(14)16)19(25)21/h6,8,10,13,17H,4-5,7,9,11-12H2,1-3H3,(H,22,26)/t13-,17-/m1/s1. The maximum Gasteiger partial charge on any atom is 0.188 e. The van der Waals surface area contributed by atoms with Gasteiger partial charge >= 0.3 is 0 Å². The zero-order chi connectivity index (χ0) is 18.4. The van der Waals surface area contributed by atoms with E-state index >= 15 is 0 Å². The van der Waals surface area contributed by atoms with Crippen LogP contribution >= 0.6 is 28.1 Å². The topological polar surface area (TPSA) is 23.4 Å². The molecule has 0 amide bonds. The number of thiocarbonyl (C=S) groups is 1. The van der Waals surface area contributed by atoms with Crippen LogP contribution in [0.5, 0.6) is 0 Å². The van der Waals surface area contributed by atoms with Crippen LogP contribution < -0.4 is 5.43 Å². The fourth-order valence-corrected chi connectivity index (χ4v) is 5.78. The minimum atomic E-state index is 0.601. The summed E-state index contributed by atoms with van der Waals surface area (Å²) in [7, 11) is 2.28. The maximum atomic E-state index is 5.66. The molecule has 4 rings (SSSR count). The Morgan fingerprint density at radius 2 is 2.12 bits per heavy atom. The molecule has 140 valence electrons. The number of nitrogens with one attached hydrogen (secondary N) is 1. The van der Waals surface area contributed by atoms with Crippen molar-refractivity contribution >= 4 is 44.2 Å². The van der Waals surface area contributed by atoms with Crippen LogP contribution in [0.1, 0.15) is 43.7 Å². The molecule has 2 heterocycles. The lowest BCUT2D eigenvalue weighted by molar-refractivity contribution is 0.157. The predicted molar refractivity (Wildman–Crippen MR) is 117 cm³/mol. The molecular weight excluding hydrogens is 408 g/mol. The van der Waals surface area contributed by atoms with Gasteiger partial charge in [0.25, 0.3) is 0 Å². The van der Waals surface area contributed by atoms with Gasteiger partial charge in [0.1, 0.15) is 4.60 Å². The number of hydrogen-bond acceptors (Lipinski definition) is 2. The predicted octanol–water partition coefficient (Wildman–Crippen LogP) is 4.31. The van der Waals surface area contributed by atoms with Crippen molar-refractivity contribution in [3.63, 3.8) is 0 Å². The van der Waals surface area contributed by atoms with Crippen LogP contribution in [-0.2, 0) is 6.42 Å². The van der Waals surface area contributed by atoms with E-state index in [9.17, 15) is 0 Å². The Kier molecular flexibility index (Phi) is 5.01. The van der Waals surface area contributed by atoms with Gasteiger partial charge in [-0.1, -0.05) is 12.1 Å². The Morgan fingerprint density at radius 1 is 1.35 bits per heavy atom. The minimum absolute atomic E-state index is 0.601. The molecule has 0 unspecified atom stereocenters. The molecule has 0 bridgehead atoms. The van der Waals surface area contributed by atoms with Gasteiger partial charge in [-0.05, 0) is 92.0 Å². The Labute approximate surface area is 169 Å². The first-order chi connectivity index (χ1) is 12.6. The van der Waals surface area contributed by atoms with E-state index in [0.717, 1.165) is 29.2 Å². The number of piperidine rings is 1. The number of aromatic nitrogens is 1. The molecule has 1 aromatic carbocycles. The number of fused-ring (bicyclic) bond motifs is 2. The largest absolute Gasteiger partial charge is 0.348 e. The lowest BCUT2D eigenvalue weighted by Gasteiger charge is -2.42. The third-order valence-electron chi connectivity index (χ3n) is 6.19. The summed E-state index contributed by atoms with van der Waals surface area (Å²) in [5.74, 6) is 0.641. The van der Waals surface area contributed by atoms with Crippen molar-refractivity contribution in [1.82, 2.24) is 14.5 Å². The number of nitrogens with zero attached hydrogens (tertiary/aromatic N) is 3. The fourth-order valence-electron chi connectivity index (χ4n) is 4.79. The molecule has 0 spiro atoms. The van der Waals surface area contributed by atoms with Crippen molar-refractivity contribution in [1.29, 1.82) is 0 Å². The third kappa shape index (κ3) is 2.77. The summed E-state index contributed by atoms with van der Waals surface area (Å²) in [6.07, 6.45) is 3.68. The molecule has 6 heteroatoms. The summed E-state index contributed by atoms with van der Waals surface area (Å²) in [5.41, 5.74) is 7.62. The fraction of sp³-hybridized carbons (Fsp3) is 0.550. The lowest BCUT2D eigenvalue weighted by Crippen LogP contribution is -2.44. The molecule has 2 atom stereocenters. The van der Waals surface area contributed by atoms with E-state index in [1.807, 2.05) is 0 Å². The number of hydrogen-bond donors (Lipinski definition) is 1. The van der Waals surface area contributed by atoms with Crippen LogP contribution in [0.4, 0.5) is 0 Å². The van der Waals surface area contributed by atoms with E-state index in [1.54, 1.807) is 0 Å². The average Bonchev–Trinajstić information content (AvgIpc) is 2.91. The second kappa shape index (κ2) is 7.13. The molecule has 26 heavy (non-hydrogen) atoms. The molecule has 1 saturated heterocycles. The second-order valence-corrected chi connectivity index (χ2v) is 8.57. The normalized spacial score (nSPS) is 22.3. The van der Waals surface area contributed by atoms with Crippen molar-refractivity contribution in [3.8, 4) is 0 Å². The van der Waals surface area contributed by atoms with Crippen LogP contribution in [0.15, 0.2) is 22.8 Å².